The number of sulfone groups is 1. The van der Waals surface area contributed by atoms with E-state index in [0.29, 0.717) is 5.56 Å². The van der Waals surface area contributed by atoms with Crippen LogP contribution in [0.15, 0.2) is 53.4 Å². The fraction of sp³-hybridized carbons (Fsp3) is 0.235. The van der Waals surface area contributed by atoms with Gasteiger partial charge < -0.3 is 5.32 Å². The summed E-state index contributed by atoms with van der Waals surface area (Å²) in [5.41, 5.74) is 0.982. The Balaban J connectivity index is 2.07. The van der Waals surface area contributed by atoms with Crippen molar-refractivity contribution in [1.29, 1.82) is 0 Å². The van der Waals surface area contributed by atoms with Gasteiger partial charge in [-0.1, -0.05) is 30.3 Å². The van der Waals surface area contributed by atoms with Gasteiger partial charge in [0.25, 0.3) is 5.69 Å². The number of nitrogens with one attached hydrogen (secondary N) is 1. The molecular formula is C17H18N2O5S. The van der Waals surface area contributed by atoms with Crippen LogP contribution in [0.5, 0.6) is 0 Å². The van der Waals surface area contributed by atoms with Crippen LogP contribution in [0.2, 0.25) is 0 Å². The predicted octanol–water partition coefficient (Wildman–Crippen LogP) is 2.42. The normalized spacial score (nSPS) is 12.4. The van der Waals surface area contributed by atoms with Gasteiger partial charge in [0.1, 0.15) is 0 Å². The first-order valence-electron chi connectivity index (χ1n) is 7.50. The summed E-state index contributed by atoms with van der Waals surface area (Å²) in [4.78, 5) is 22.8. The molecule has 0 aliphatic carbocycles. The SMILES string of the molecule is CC(NC(=O)Cc1ccccc1[N+](=O)[O-])c1ccc(S(C)(=O)=O)cc1. The standard InChI is InChI=1S/C17H18N2O5S/c1-12(13-7-9-15(10-8-13)25(2,23)24)18-17(20)11-14-5-3-4-6-16(14)19(21)22/h3-10,12H,11H2,1-2H3,(H,18,20). The number of hydrogen-bond donors (Lipinski definition) is 1. The molecule has 0 bridgehead atoms. The van der Waals surface area contributed by atoms with E-state index in [4.69, 9.17) is 0 Å². The van der Waals surface area contributed by atoms with Gasteiger partial charge in [-0.15, -0.1) is 0 Å². The summed E-state index contributed by atoms with van der Waals surface area (Å²) in [6.45, 7) is 1.76. The van der Waals surface area contributed by atoms with E-state index >= 15 is 0 Å². The highest BCUT2D eigenvalue weighted by molar-refractivity contribution is 7.90. The predicted molar refractivity (Wildman–Crippen MR) is 92.9 cm³/mol. The molecule has 0 heterocycles. The highest BCUT2D eigenvalue weighted by atomic mass is 32.2. The number of carbonyl (C=O) groups excluding carboxylic acids is 1. The Morgan fingerprint density at radius 1 is 1.16 bits per heavy atom. The fourth-order valence-electron chi connectivity index (χ4n) is 2.39. The third-order valence-electron chi connectivity index (χ3n) is 3.73. The van der Waals surface area contributed by atoms with E-state index < -0.39 is 14.8 Å². The van der Waals surface area contributed by atoms with Crippen LogP contribution in [-0.4, -0.2) is 25.5 Å². The van der Waals surface area contributed by atoms with Gasteiger partial charge in [0.2, 0.25) is 5.91 Å². The largest absolute Gasteiger partial charge is 0.349 e. The summed E-state index contributed by atoms with van der Waals surface area (Å²) in [7, 11) is -3.27. The van der Waals surface area contributed by atoms with Crippen LogP contribution in [0.1, 0.15) is 24.1 Å². The van der Waals surface area contributed by atoms with Crippen LogP contribution in [-0.2, 0) is 21.1 Å². The molecule has 8 heteroatoms. The lowest BCUT2D eigenvalue weighted by molar-refractivity contribution is -0.385. The molecule has 0 aromatic heterocycles. The maximum Gasteiger partial charge on any atom is 0.273 e. The molecule has 7 nitrogen and oxygen atoms in total. The Labute approximate surface area is 145 Å². The fourth-order valence-corrected chi connectivity index (χ4v) is 3.02. The number of amides is 1. The van der Waals surface area contributed by atoms with Gasteiger partial charge in [0.05, 0.1) is 22.3 Å². The number of nitro groups is 1. The van der Waals surface area contributed by atoms with Crippen molar-refractivity contribution in [3.63, 3.8) is 0 Å². The van der Waals surface area contributed by atoms with Gasteiger partial charge in [0, 0.05) is 17.9 Å². The zero-order valence-corrected chi connectivity index (χ0v) is 14.6. The number of carbonyl (C=O) groups is 1. The maximum absolute atomic E-state index is 12.2. The number of nitrogens with zero attached hydrogens (tertiary/aromatic N) is 1. The lowest BCUT2D eigenvalue weighted by Crippen LogP contribution is -2.28. The minimum Gasteiger partial charge on any atom is -0.349 e. The Morgan fingerprint density at radius 2 is 1.76 bits per heavy atom. The number of hydrogen-bond acceptors (Lipinski definition) is 5. The van der Waals surface area contributed by atoms with E-state index in [2.05, 4.69) is 5.32 Å². The molecule has 1 N–H and O–H groups in total. The topological polar surface area (TPSA) is 106 Å². The van der Waals surface area contributed by atoms with Gasteiger partial charge >= 0.3 is 0 Å². The molecule has 0 fully saturated rings. The zero-order chi connectivity index (χ0) is 18.6. The van der Waals surface area contributed by atoms with Crippen LogP contribution in [0.4, 0.5) is 5.69 Å². The highest BCUT2D eigenvalue weighted by Gasteiger charge is 2.17. The molecule has 1 atom stereocenters. The van der Waals surface area contributed by atoms with Crippen molar-refractivity contribution in [2.45, 2.75) is 24.3 Å². The molecule has 2 aromatic carbocycles. The Bertz CT molecular complexity index is 892. The first-order chi connectivity index (χ1) is 11.7. The highest BCUT2D eigenvalue weighted by Crippen LogP contribution is 2.19. The molecule has 0 aliphatic rings. The van der Waals surface area contributed by atoms with Gasteiger partial charge in [0.15, 0.2) is 9.84 Å². The van der Waals surface area contributed by atoms with Crippen molar-refractivity contribution in [1.82, 2.24) is 5.32 Å². The van der Waals surface area contributed by atoms with E-state index in [0.717, 1.165) is 11.8 Å². The second-order valence-corrected chi connectivity index (χ2v) is 7.71. The molecule has 2 aromatic rings. The Kier molecular flexibility index (Phi) is 5.53. The lowest BCUT2D eigenvalue weighted by Gasteiger charge is -2.15. The number of para-hydroxylation sites is 1. The van der Waals surface area contributed by atoms with Crippen LogP contribution >= 0.6 is 0 Å². The Morgan fingerprint density at radius 3 is 2.32 bits per heavy atom. The third kappa shape index (κ3) is 4.87. The summed E-state index contributed by atoms with van der Waals surface area (Å²) in [5.74, 6) is -0.353. The number of benzene rings is 2. The first kappa shape index (κ1) is 18.6. The molecule has 1 unspecified atom stereocenters. The molecule has 0 saturated carbocycles. The summed E-state index contributed by atoms with van der Waals surface area (Å²) in [5, 5.41) is 13.7. The van der Waals surface area contributed by atoms with E-state index in [1.165, 1.54) is 18.2 Å². The van der Waals surface area contributed by atoms with Crippen LogP contribution in [0, 0.1) is 10.1 Å². The molecular weight excluding hydrogens is 344 g/mol. The Hall–Kier alpha value is -2.74. The number of nitro benzene ring substituents is 1. The average molecular weight is 362 g/mol. The number of rotatable bonds is 6. The first-order valence-corrected chi connectivity index (χ1v) is 9.39. The molecule has 1 amide bonds. The van der Waals surface area contributed by atoms with E-state index in [1.807, 2.05) is 0 Å². The van der Waals surface area contributed by atoms with Crippen LogP contribution < -0.4 is 5.32 Å². The quantitative estimate of drug-likeness (QED) is 0.627. The van der Waals surface area contributed by atoms with Gasteiger partial charge in [-0.05, 0) is 24.6 Å². The molecule has 2 rings (SSSR count). The van der Waals surface area contributed by atoms with Crippen LogP contribution in [0.25, 0.3) is 0 Å². The summed E-state index contributed by atoms with van der Waals surface area (Å²) in [6.07, 6.45) is 1.02. The van der Waals surface area contributed by atoms with E-state index in [1.54, 1.807) is 37.3 Å². The monoisotopic (exact) mass is 362 g/mol. The molecule has 0 aliphatic heterocycles. The smallest absolute Gasteiger partial charge is 0.273 e. The van der Waals surface area contributed by atoms with Crippen molar-refractivity contribution in [2.24, 2.45) is 0 Å². The van der Waals surface area contributed by atoms with Crippen molar-refractivity contribution in [3.8, 4) is 0 Å². The summed E-state index contributed by atoms with van der Waals surface area (Å²) >= 11 is 0. The second-order valence-electron chi connectivity index (χ2n) is 5.69. The molecule has 0 spiro atoms. The van der Waals surface area contributed by atoms with Gasteiger partial charge in [-0.2, -0.15) is 0 Å². The van der Waals surface area contributed by atoms with Crippen molar-refractivity contribution >= 4 is 21.4 Å². The minimum absolute atomic E-state index is 0.0946. The van der Waals surface area contributed by atoms with Crippen LogP contribution in [0.3, 0.4) is 0 Å². The van der Waals surface area contributed by atoms with E-state index in [-0.39, 0.29) is 29.0 Å². The van der Waals surface area contributed by atoms with Gasteiger partial charge in [-0.25, -0.2) is 8.42 Å². The van der Waals surface area contributed by atoms with Crippen molar-refractivity contribution < 1.29 is 18.1 Å². The lowest BCUT2D eigenvalue weighted by atomic mass is 10.1. The second kappa shape index (κ2) is 7.43. The molecule has 25 heavy (non-hydrogen) atoms. The van der Waals surface area contributed by atoms with Crippen molar-refractivity contribution in [3.05, 3.63) is 69.8 Å². The average Bonchev–Trinajstić information content (AvgIpc) is 2.54. The maximum atomic E-state index is 12.2. The van der Waals surface area contributed by atoms with E-state index in [9.17, 15) is 23.3 Å². The minimum atomic E-state index is -3.27. The summed E-state index contributed by atoms with van der Waals surface area (Å²) in [6, 6.07) is 12.0. The molecule has 0 radical (unpaired) electrons. The van der Waals surface area contributed by atoms with Crippen molar-refractivity contribution in [2.75, 3.05) is 6.26 Å². The van der Waals surface area contributed by atoms with Gasteiger partial charge in [-0.3, -0.25) is 14.9 Å². The third-order valence-corrected chi connectivity index (χ3v) is 4.85. The summed E-state index contributed by atoms with van der Waals surface area (Å²) < 4.78 is 22.9. The molecule has 132 valence electrons. The molecule has 0 saturated heterocycles. The zero-order valence-electron chi connectivity index (χ0n) is 13.8.